The van der Waals surface area contributed by atoms with E-state index in [4.69, 9.17) is 4.74 Å². The molecule has 0 spiro atoms. The summed E-state index contributed by atoms with van der Waals surface area (Å²) in [5, 5.41) is 6.58. The van der Waals surface area contributed by atoms with Crippen molar-refractivity contribution in [2.45, 2.75) is 43.9 Å². The Morgan fingerprint density at radius 2 is 2.04 bits per heavy atom. The number of aromatic nitrogens is 2. The molecule has 2 aliphatic heterocycles. The van der Waals surface area contributed by atoms with Crippen LogP contribution in [0.4, 0.5) is 18.0 Å². The topological polar surface area (TPSA) is 59.4 Å². The van der Waals surface area contributed by atoms with E-state index in [1.807, 2.05) is 0 Å². The van der Waals surface area contributed by atoms with Crippen molar-refractivity contribution < 1.29 is 22.7 Å². The molecule has 3 heterocycles. The number of carbonyl (C=O) groups excluding carboxylic acids is 1. The van der Waals surface area contributed by atoms with E-state index in [2.05, 4.69) is 10.4 Å². The average Bonchev–Trinajstić information content (AvgIpc) is 3.06. The number of nitrogens with zero attached hydrogens (tertiary/aromatic N) is 3. The van der Waals surface area contributed by atoms with Crippen molar-refractivity contribution in [1.82, 2.24) is 20.0 Å². The zero-order valence-corrected chi connectivity index (χ0v) is 13.3. The predicted octanol–water partition coefficient (Wildman–Crippen LogP) is 2.43. The van der Waals surface area contributed by atoms with Crippen LogP contribution in [0.1, 0.15) is 37.4 Å². The molecule has 1 atom stereocenters. The molecule has 2 fully saturated rings. The number of likely N-dealkylation sites (tertiary alicyclic amines) is 1. The maximum atomic E-state index is 12.6. The largest absolute Gasteiger partial charge is 0.435 e. The molecular weight excluding hydrogens is 325 g/mol. The summed E-state index contributed by atoms with van der Waals surface area (Å²) in [5.74, 6) is 0. The van der Waals surface area contributed by atoms with Gasteiger partial charge in [-0.1, -0.05) is 0 Å². The molecular formula is C15H21F3N4O2. The number of nitrogens with one attached hydrogen (secondary N) is 1. The van der Waals surface area contributed by atoms with Crippen molar-refractivity contribution in [1.29, 1.82) is 0 Å². The van der Waals surface area contributed by atoms with Crippen molar-refractivity contribution >= 4 is 6.03 Å². The molecule has 2 aliphatic rings. The van der Waals surface area contributed by atoms with E-state index in [0.29, 0.717) is 32.5 Å². The number of halogens is 3. The van der Waals surface area contributed by atoms with Gasteiger partial charge in [0, 0.05) is 25.9 Å². The molecule has 0 radical (unpaired) electrons. The third kappa shape index (κ3) is 4.00. The maximum absolute atomic E-state index is 12.6. The Balaban J connectivity index is 1.50. The van der Waals surface area contributed by atoms with Gasteiger partial charge in [0.1, 0.15) is 0 Å². The van der Waals surface area contributed by atoms with E-state index in [-0.39, 0.29) is 18.1 Å². The van der Waals surface area contributed by atoms with E-state index in [0.717, 1.165) is 25.5 Å². The van der Waals surface area contributed by atoms with Crippen LogP contribution in [-0.4, -0.2) is 53.1 Å². The quantitative estimate of drug-likeness (QED) is 0.895. The molecule has 0 aromatic carbocycles. The Bertz CT molecular complexity index is 561. The standard InChI is InChI=1S/C15H21F3N4O2/c16-15(17,18)13-5-8-22(20-13)12-3-6-21(7-4-12)14(23)19-11-2-1-9-24-10-11/h5,8,11-12H,1-4,6-7,9-10H2,(H,19,23)/t11-/m0/s1. The summed E-state index contributed by atoms with van der Waals surface area (Å²) in [5.41, 5.74) is -0.875. The van der Waals surface area contributed by atoms with Crippen LogP contribution in [0, 0.1) is 0 Å². The van der Waals surface area contributed by atoms with Crippen LogP contribution in [0.5, 0.6) is 0 Å². The average molecular weight is 346 g/mol. The van der Waals surface area contributed by atoms with Crippen LogP contribution in [0.3, 0.4) is 0 Å². The number of rotatable bonds is 2. The van der Waals surface area contributed by atoms with E-state index < -0.39 is 11.9 Å². The fourth-order valence-corrected chi connectivity index (χ4v) is 3.15. The summed E-state index contributed by atoms with van der Waals surface area (Å²) in [6.45, 7) is 2.29. The van der Waals surface area contributed by atoms with Crippen LogP contribution in [0.2, 0.25) is 0 Å². The first-order valence-corrected chi connectivity index (χ1v) is 8.19. The number of hydrogen-bond acceptors (Lipinski definition) is 3. The molecule has 0 saturated carbocycles. The Kier molecular flexibility index (Phi) is 4.98. The van der Waals surface area contributed by atoms with Crippen molar-refractivity contribution in [3.05, 3.63) is 18.0 Å². The lowest BCUT2D eigenvalue weighted by molar-refractivity contribution is -0.141. The van der Waals surface area contributed by atoms with Crippen molar-refractivity contribution in [3.63, 3.8) is 0 Å². The summed E-state index contributed by atoms with van der Waals surface area (Å²) in [6, 6.07) is 0.801. The minimum Gasteiger partial charge on any atom is -0.379 e. The number of carbonyl (C=O) groups is 1. The smallest absolute Gasteiger partial charge is 0.379 e. The summed E-state index contributed by atoms with van der Waals surface area (Å²) in [7, 11) is 0. The minimum atomic E-state index is -4.42. The third-order valence-electron chi connectivity index (χ3n) is 4.51. The Morgan fingerprint density at radius 3 is 2.62 bits per heavy atom. The normalized spacial score (nSPS) is 23.3. The molecule has 1 N–H and O–H groups in total. The highest BCUT2D eigenvalue weighted by Crippen LogP contribution is 2.29. The lowest BCUT2D eigenvalue weighted by atomic mass is 10.1. The van der Waals surface area contributed by atoms with Crippen LogP contribution in [-0.2, 0) is 10.9 Å². The summed E-state index contributed by atoms with van der Waals surface area (Å²) in [6.07, 6.45) is -0.0266. The lowest BCUT2D eigenvalue weighted by Gasteiger charge is -2.34. The number of alkyl halides is 3. The number of urea groups is 1. The van der Waals surface area contributed by atoms with Gasteiger partial charge in [0.05, 0.1) is 18.7 Å². The first-order valence-electron chi connectivity index (χ1n) is 8.19. The van der Waals surface area contributed by atoms with Gasteiger partial charge in [0.15, 0.2) is 5.69 Å². The minimum absolute atomic E-state index is 0.0458. The van der Waals surface area contributed by atoms with Crippen LogP contribution >= 0.6 is 0 Å². The lowest BCUT2D eigenvalue weighted by Crippen LogP contribution is -2.50. The molecule has 134 valence electrons. The van der Waals surface area contributed by atoms with Crippen LogP contribution in [0.15, 0.2) is 12.3 Å². The molecule has 3 rings (SSSR count). The first kappa shape index (κ1) is 17.1. The van der Waals surface area contributed by atoms with Gasteiger partial charge in [-0.25, -0.2) is 4.79 Å². The maximum Gasteiger partial charge on any atom is 0.435 e. The van der Waals surface area contributed by atoms with Crippen molar-refractivity contribution in [2.24, 2.45) is 0 Å². The van der Waals surface area contributed by atoms with Gasteiger partial charge in [0.2, 0.25) is 0 Å². The van der Waals surface area contributed by atoms with E-state index in [1.54, 1.807) is 4.90 Å². The highest BCUT2D eigenvalue weighted by Gasteiger charge is 2.34. The van der Waals surface area contributed by atoms with Gasteiger partial charge < -0.3 is 15.0 Å². The molecule has 1 aromatic rings. The second-order valence-corrected chi connectivity index (χ2v) is 6.26. The Hall–Kier alpha value is -1.77. The molecule has 1 aromatic heterocycles. The second-order valence-electron chi connectivity index (χ2n) is 6.26. The zero-order valence-electron chi connectivity index (χ0n) is 13.3. The van der Waals surface area contributed by atoms with Crippen molar-refractivity contribution in [2.75, 3.05) is 26.3 Å². The van der Waals surface area contributed by atoms with E-state index in [9.17, 15) is 18.0 Å². The van der Waals surface area contributed by atoms with Crippen molar-refractivity contribution in [3.8, 4) is 0 Å². The predicted molar refractivity (Wildman–Crippen MR) is 79.4 cm³/mol. The number of hydrogen-bond donors (Lipinski definition) is 1. The van der Waals surface area contributed by atoms with Crippen LogP contribution < -0.4 is 5.32 Å². The number of piperidine rings is 1. The fraction of sp³-hybridized carbons (Fsp3) is 0.733. The highest BCUT2D eigenvalue weighted by atomic mass is 19.4. The molecule has 2 saturated heterocycles. The summed E-state index contributed by atoms with van der Waals surface area (Å²) < 4.78 is 44.5. The van der Waals surface area contributed by atoms with Gasteiger partial charge in [-0.05, 0) is 31.7 Å². The fourth-order valence-electron chi connectivity index (χ4n) is 3.15. The third-order valence-corrected chi connectivity index (χ3v) is 4.51. The molecule has 9 heteroatoms. The Labute approximate surface area is 137 Å². The van der Waals surface area contributed by atoms with E-state index >= 15 is 0 Å². The molecule has 2 amide bonds. The Morgan fingerprint density at radius 1 is 1.29 bits per heavy atom. The number of ether oxygens (including phenoxy) is 1. The monoisotopic (exact) mass is 346 g/mol. The van der Waals surface area contributed by atoms with Gasteiger partial charge in [-0.15, -0.1) is 0 Å². The molecule has 24 heavy (non-hydrogen) atoms. The molecule has 6 nitrogen and oxygen atoms in total. The molecule has 0 aliphatic carbocycles. The molecule has 0 bridgehead atoms. The second kappa shape index (κ2) is 7.00. The first-order chi connectivity index (χ1) is 11.4. The van der Waals surface area contributed by atoms with Gasteiger partial charge in [0.25, 0.3) is 0 Å². The highest BCUT2D eigenvalue weighted by molar-refractivity contribution is 5.74. The van der Waals surface area contributed by atoms with Gasteiger partial charge in [-0.3, -0.25) is 4.68 Å². The van der Waals surface area contributed by atoms with Gasteiger partial charge in [-0.2, -0.15) is 18.3 Å². The molecule has 0 unspecified atom stereocenters. The van der Waals surface area contributed by atoms with Gasteiger partial charge >= 0.3 is 12.2 Å². The SMILES string of the molecule is O=C(N[C@H]1CCCOC1)N1CCC(n2ccc(C(F)(F)F)n2)CC1. The summed E-state index contributed by atoms with van der Waals surface area (Å²) in [4.78, 5) is 13.9. The van der Waals surface area contributed by atoms with Crippen LogP contribution in [0.25, 0.3) is 0 Å². The van der Waals surface area contributed by atoms with E-state index in [1.165, 1.54) is 10.9 Å². The summed E-state index contributed by atoms with van der Waals surface area (Å²) >= 11 is 0. The number of amides is 2. The zero-order chi connectivity index (χ0) is 17.2.